The molecule has 6 atom stereocenters. The number of nitrogens with one attached hydrogen (secondary N) is 2. The molecule has 0 saturated heterocycles. The Labute approximate surface area is 597 Å². The molecule has 0 amide bonds. The molecule has 3 aromatic heterocycles. The third-order valence-corrected chi connectivity index (χ3v) is 21.6. The van der Waals surface area contributed by atoms with E-state index < -0.39 is 0 Å². The van der Waals surface area contributed by atoms with E-state index in [2.05, 4.69) is 142 Å². The number of hydrogen-bond donors (Lipinski definition) is 2. The number of aromatic amines is 2. The average Bonchev–Trinajstić information content (AvgIpc) is 1.59. The van der Waals surface area contributed by atoms with Crippen molar-refractivity contribution in [1.29, 1.82) is 0 Å². The van der Waals surface area contributed by atoms with Crippen LogP contribution in [0.4, 0.5) is 0 Å². The summed E-state index contributed by atoms with van der Waals surface area (Å²) >= 11 is 0. The third kappa shape index (κ3) is 18.6. The summed E-state index contributed by atoms with van der Waals surface area (Å²) in [4.78, 5) is 53.5. The zero-order valence-corrected chi connectivity index (χ0v) is 62.9. The number of H-pyrrole nitrogens is 2. The number of hydrogen-bond acceptors (Lipinski definition) is 13. The second-order valence-corrected chi connectivity index (χ2v) is 29.0. The number of carbonyl (C=O) groups is 1. The van der Waals surface area contributed by atoms with Gasteiger partial charge in [-0.2, -0.15) is 0 Å². The SMILES string of the molecule is CCCCC(CC)COc1cc2c(cc1OCC(CC)CCCC)-c1nc-2nc2[nH]c(nc3nc(nc4[nH]c(n1)c1cc(OCC(CC)CCCC)c(OCC(CC)CCCC)cc41)-c1cc(OCC(CC)CCCC)c(OCC(CC)CCCC)cc1-3)c1cc3c(cc21)CC=C(C=O)C3. The van der Waals surface area contributed by atoms with Crippen molar-refractivity contribution in [2.75, 3.05) is 39.6 Å². The van der Waals surface area contributed by atoms with Crippen LogP contribution in [0, 0.1) is 35.5 Å². The molecule has 10 rings (SSSR count). The van der Waals surface area contributed by atoms with Crippen molar-refractivity contribution in [3.05, 3.63) is 71.3 Å². The minimum Gasteiger partial charge on any atom is -0.489 e. The fraction of sp³-hybridized carbons (Fsp3) is 0.588. The van der Waals surface area contributed by atoms with Crippen molar-refractivity contribution in [3.63, 3.8) is 0 Å². The van der Waals surface area contributed by atoms with E-state index in [1.165, 1.54) is 0 Å². The number of fused-ring (bicyclic) bond motifs is 21. The average molecular weight is 1360 g/mol. The van der Waals surface area contributed by atoms with Crippen molar-refractivity contribution in [2.24, 2.45) is 35.5 Å². The lowest BCUT2D eigenvalue weighted by Gasteiger charge is -2.21. The van der Waals surface area contributed by atoms with Crippen LogP contribution in [0.15, 0.2) is 60.2 Å². The van der Waals surface area contributed by atoms with E-state index in [0.29, 0.717) is 168 Å². The number of rotatable bonds is 43. The van der Waals surface area contributed by atoms with Crippen molar-refractivity contribution in [1.82, 2.24) is 39.9 Å². The zero-order chi connectivity index (χ0) is 70.5. The molecule has 540 valence electrons. The van der Waals surface area contributed by atoms with Gasteiger partial charge < -0.3 is 38.4 Å². The van der Waals surface area contributed by atoms with E-state index in [-0.39, 0.29) is 0 Å². The summed E-state index contributed by atoms with van der Waals surface area (Å²) in [6.07, 6.45) is 30.2. The number of allylic oxidation sites excluding steroid dienone is 2. The lowest BCUT2D eigenvalue weighted by molar-refractivity contribution is -0.105. The number of nitrogens with zero attached hydrogens (tertiary/aromatic N) is 6. The topological polar surface area (TPSA) is 181 Å². The quantitative estimate of drug-likeness (QED) is 0.0345. The highest BCUT2D eigenvalue weighted by molar-refractivity contribution is 6.08. The van der Waals surface area contributed by atoms with Gasteiger partial charge in [0.2, 0.25) is 0 Å². The second-order valence-electron chi connectivity index (χ2n) is 29.0. The first-order valence-corrected chi connectivity index (χ1v) is 39.4. The third-order valence-electron chi connectivity index (χ3n) is 21.6. The van der Waals surface area contributed by atoms with Gasteiger partial charge in [0.25, 0.3) is 0 Å². The first-order chi connectivity index (χ1) is 48.9. The Morgan fingerprint density at radius 3 is 0.840 bits per heavy atom. The molecule has 0 radical (unpaired) electrons. The summed E-state index contributed by atoms with van der Waals surface area (Å²) < 4.78 is 42.1. The van der Waals surface area contributed by atoms with Crippen LogP contribution in [0.3, 0.4) is 0 Å². The first-order valence-electron chi connectivity index (χ1n) is 39.4. The summed E-state index contributed by atoms with van der Waals surface area (Å²) in [5, 5.41) is 3.28. The van der Waals surface area contributed by atoms with E-state index in [0.717, 1.165) is 221 Å². The van der Waals surface area contributed by atoms with Gasteiger partial charge in [0.1, 0.15) is 28.9 Å². The monoisotopic (exact) mass is 1360 g/mol. The second kappa shape index (κ2) is 37.4. The summed E-state index contributed by atoms with van der Waals surface area (Å²) in [6.45, 7) is 30.4. The van der Waals surface area contributed by atoms with Gasteiger partial charge in [-0.05, 0) is 146 Å². The van der Waals surface area contributed by atoms with Gasteiger partial charge in [-0.3, -0.25) is 4.79 Å². The predicted molar refractivity (Wildman–Crippen MR) is 410 cm³/mol. The van der Waals surface area contributed by atoms with Gasteiger partial charge in [0, 0.05) is 50.2 Å². The number of unbranched alkanes of at least 4 members (excludes halogenated alkanes) is 6. The summed E-state index contributed by atoms with van der Waals surface area (Å²) in [5.41, 5.74) is 8.20. The molecule has 15 heteroatoms. The normalized spacial score (nSPS) is 14.4. The Morgan fingerprint density at radius 1 is 0.340 bits per heavy atom. The molecule has 2 N–H and O–H groups in total. The molecule has 15 nitrogen and oxygen atoms in total. The van der Waals surface area contributed by atoms with Crippen molar-refractivity contribution in [2.45, 2.75) is 250 Å². The van der Waals surface area contributed by atoms with Gasteiger partial charge in [-0.25, -0.2) is 29.9 Å². The van der Waals surface area contributed by atoms with E-state index in [9.17, 15) is 4.79 Å². The van der Waals surface area contributed by atoms with Crippen LogP contribution < -0.4 is 28.4 Å². The van der Waals surface area contributed by atoms with E-state index in [4.69, 9.17) is 58.3 Å². The maximum absolute atomic E-state index is 12.4. The van der Waals surface area contributed by atoms with Crippen molar-refractivity contribution in [3.8, 4) is 80.0 Å². The molecule has 0 saturated carbocycles. The van der Waals surface area contributed by atoms with Crippen LogP contribution >= 0.6 is 0 Å². The lowest BCUT2D eigenvalue weighted by atomic mass is 9.90. The van der Waals surface area contributed by atoms with Crippen LogP contribution in [0.5, 0.6) is 34.5 Å². The maximum Gasteiger partial charge on any atom is 0.164 e. The highest BCUT2D eigenvalue weighted by atomic mass is 16.5. The predicted octanol–water partition coefficient (Wildman–Crippen LogP) is 22.7. The number of carbonyl (C=O) groups excluding carboxylic acids is 1. The first kappa shape index (κ1) is 75.1. The minimum absolute atomic E-state index is 0.370. The molecule has 2 aliphatic heterocycles. The van der Waals surface area contributed by atoms with Crippen molar-refractivity contribution >= 4 is 50.4 Å². The van der Waals surface area contributed by atoms with Crippen LogP contribution in [-0.2, 0) is 17.6 Å². The van der Waals surface area contributed by atoms with Crippen LogP contribution in [0.2, 0.25) is 0 Å². The molecule has 3 aliphatic rings. The number of benzene rings is 4. The smallest absolute Gasteiger partial charge is 0.164 e. The molecule has 0 fully saturated rings. The Kier molecular flexibility index (Phi) is 28.1. The summed E-state index contributed by atoms with van der Waals surface area (Å²) in [5.74, 6) is 8.01. The largest absolute Gasteiger partial charge is 0.489 e. The molecule has 0 spiro atoms. The maximum atomic E-state index is 12.4. The lowest BCUT2D eigenvalue weighted by Crippen LogP contribution is -2.14. The molecule has 7 aromatic rings. The van der Waals surface area contributed by atoms with Crippen LogP contribution in [-0.4, -0.2) is 85.8 Å². The number of ether oxygens (including phenoxy) is 6. The van der Waals surface area contributed by atoms with Gasteiger partial charge in [-0.15, -0.1) is 0 Å². The minimum atomic E-state index is 0.370. The molecule has 5 heterocycles. The Balaban J connectivity index is 1.30. The molecule has 4 aromatic carbocycles. The molecule has 8 bridgehead atoms. The highest BCUT2D eigenvalue weighted by Gasteiger charge is 2.30. The highest BCUT2D eigenvalue weighted by Crippen LogP contribution is 2.47. The molecular weight excluding hydrogens is 1240 g/mol. The van der Waals surface area contributed by atoms with Gasteiger partial charge in [-0.1, -0.05) is 205 Å². The standard InChI is InChI=1S/C85H118N8O7/c1-13-25-31-55(19-7)49-95-72-42-66-68(44-74(72)97-51-57(21-9)33-27-15-3)82-89-80(66)87-78-64-40-62-38-37-61(48-94)39-63(62)41-65(64)79(86-78)88-81-67-43-73(96-50-56(20-8)32-26-14-2)75(98-52-58(22-10)34-28-16-4)45-69(67)83(90-81)92-85-71-47-77(100-54-60(24-12)36-30-18-6)76(46-70(71)84(91-82)93-85)99-53-59(23-11)35-29-17-5/h37,40-48,55-60H,13-36,38-39,49-54H2,1-12H3,(H2,86,87,88,89,90,91,92,93). The van der Waals surface area contributed by atoms with E-state index >= 15 is 0 Å². The van der Waals surface area contributed by atoms with Gasteiger partial charge >= 0.3 is 0 Å². The summed E-state index contributed by atoms with van der Waals surface area (Å²) in [6, 6.07) is 16.9. The number of aromatic nitrogens is 8. The van der Waals surface area contributed by atoms with Gasteiger partial charge in [0.15, 0.2) is 57.8 Å². The van der Waals surface area contributed by atoms with Crippen LogP contribution in [0.1, 0.15) is 248 Å². The van der Waals surface area contributed by atoms with Crippen molar-refractivity contribution < 1.29 is 33.2 Å². The molecular formula is C85H118N8O7. The zero-order valence-electron chi connectivity index (χ0n) is 62.9. The Hall–Kier alpha value is -7.55. The van der Waals surface area contributed by atoms with Crippen LogP contribution in [0.25, 0.3) is 89.7 Å². The molecule has 1 aliphatic carbocycles. The Bertz CT molecular complexity index is 4040. The molecule has 6 unspecified atom stereocenters. The number of aldehydes is 1. The molecule has 100 heavy (non-hydrogen) atoms. The fourth-order valence-corrected chi connectivity index (χ4v) is 14.2. The summed E-state index contributed by atoms with van der Waals surface area (Å²) in [7, 11) is 0. The Morgan fingerprint density at radius 2 is 0.590 bits per heavy atom. The van der Waals surface area contributed by atoms with E-state index in [1.807, 2.05) is 6.08 Å². The fourth-order valence-electron chi connectivity index (χ4n) is 14.2. The van der Waals surface area contributed by atoms with Gasteiger partial charge in [0.05, 0.1) is 39.6 Å². The van der Waals surface area contributed by atoms with E-state index in [1.54, 1.807) is 0 Å².